The van der Waals surface area contributed by atoms with E-state index < -0.39 is 0 Å². The molecule has 0 atom stereocenters. The predicted octanol–water partition coefficient (Wildman–Crippen LogP) is 5.38. The van der Waals surface area contributed by atoms with Crippen molar-refractivity contribution in [1.82, 2.24) is 4.98 Å². The molecule has 0 saturated carbocycles. The molecule has 2 aromatic carbocycles. The van der Waals surface area contributed by atoms with Gasteiger partial charge in [-0.25, -0.2) is 0 Å². The molecule has 1 heterocycles. The quantitative estimate of drug-likeness (QED) is 0.628. The first-order chi connectivity index (χ1) is 13.3. The summed E-state index contributed by atoms with van der Waals surface area (Å²) in [5.74, 6) is 0.541. The lowest BCUT2D eigenvalue weighted by Crippen LogP contribution is -2.15. The highest BCUT2D eigenvalue weighted by molar-refractivity contribution is 6.03. The molecule has 5 heteroatoms. The van der Waals surface area contributed by atoms with E-state index >= 15 is 0 Å². The Labute approximate surface area is 165 Å². The molecule has 0 fully saturated rings. The van der Waals surface area contributed by atoms with Crippen molar-refractivity contribution in [3.63, 3.8) is 0 Å². The SMILES string of the molecule is COc1ccc(Nc2ccnc(C(=O)Nc3ccc(C(C)(C)C)cc3)c2)cc1. The minimum Gasteiger partial charge on any atom is -0.497 e. The molecule has 1 aromatic heterocycles. The molecular weight excluding hydrogens is 350 g/mol. The molecule has 0 spiro atoms. The number of amides is 1. The van der Waals surface area contributed by atoms with E-state index in [1.165, 1.54) is 5.56 Å². The number of nitrogens with one attached hydrogen (secondary N) is 2. The fraction of sp³-hybridized carbons (Fsp3) is 0.217. The van der Waals surface area contributed by atoms with Crippen LogP contribution in [0, 0.1) is 0 Å². The summed E-state index contributed by atoms with van der Waals surface area (Å²) in [5.41, 5.74) is 4.07. The number of ether oxygens (including phenoxy) is 1. The zero-order chi connectivity index (χ0) is 20.1. The summed E-state index contributed by atoms with van der Waals surface area (Å²) < 4.78 is 5.16. The van der Waals surface area contributed by atoms with Crippen molar-refractivity contribution in [3.05, 3.63) is 78.1 Å². The molecular formula is C23H25N3O2. The Kier molecular flexibility index (Phi) is 5.64. The first-order valence-electron chi connectivity index (χ1n) is 9.14. The molecule has 0 unspecified atom stereocenters. The maximum atomic E-state index is 12.6. The van der Waals surface area contributed by atoms with Gasteiger partial charge in [0.05, 0.1) is 7.11 Å². The predicted molar refractivity (Wildman–Crippen MR) is 114 cm³/mol. The van der Waals surface area contributed by atoms with Crippen molar-refractivity contribution >= 4 is 23.0 Å². The lowest BCUT2D eigenvalue weighted by atomic mass is 9.87. The van der Waals surface area contributed by atoms with E-state index in [2.05, 4.69) is 36.4 Å². The third-order valence-electron chi connectivity index (χ3n) is 4.38. The van der Waals surface area contributed by atoms with E-state index in [-0.39, 0.29) is 11.3 Å². The van der Waals surface area contributed by atoms with Gasteiger partial charge in [0.2, 0.25) is 0 Å². The van der Waals surface area contributed by atoms with E-state index in [4.69, 9.17) is 4.74 Å². The van der Waals surface area contributed by atoms with Crippen LogP contribution >= 0.6 is 0 Å². The average Bonchev–Trinajstić information content (AvgIpc) is 2.68. The van der Waals surface area contributed by atoms with Crippen LogP contribution < -0.4 is 15.4 Å². The highest BCUT2D eigenvalue weighted by atomic mass is 16.5. The molecule has 144 valence electrons. The summed E-state index contributed by atoms with van der Waals surface area (Å²) in [6, 6.07) is 19.0. The van der Waals surface area contributed by atoms with Crippen LogP contribution in [0.4, 0.5) is 17.1 Å². The maximum absolute atomic E-state index is 12.6. The number of carbonyl (C=O) groups excluding carboxylic acids is 1. The molecule has 5 nitrogen and oxygen atoms in total. The maximum Gasteiger partial charge on any atom is 0.274 e. The van der Waals surface area contributed by atoms with Crippen LogP contribution in [0.15, 0.2) is 66.9 Å². The molecule has 2 N–H and O–H groups in total. The Morgan fingerprint density at radius 3 is 2.14 bits per heavy atom. The normalized spacial score (nSPS) is 11.0. The third-order valence-corrected chi connectivity index (χ3v) is 4.38. The number of hydrogen-bond donors (Lipinski definition) is 2. The van der Waals surface area contributed by atoms with Crippen molar-refractivity contribution in [2.75, 3.05) is 17.7 Å². The number of methoxy groups -OCH3 is 1. The molecule has 28 heavy (non-hydrogen) atoms. The second-order valence-corrected chi connectivity index (χ2v) is 7.56. The van der Waals surface area contributed by atoms with Crippen molar-refractivity contribution in [1.29, 1.82) is 0 Å². The monoisotopic (exact) mass is 375 g/mol. The van der Waals surface area contributed by atoms with Crippen LogP contribution in [0.5, 0.6) is 5.75 Å². The van der Waals surface area contributed by atoms with Gasteiger partial charge in [-0.3, -0.25) is 9.78 Å². The van der Waals surface area contributed by atoms with Crippen LogP contribution in [0.25, 0.3) is 0 Å². The number of pyridine rings is 1. The fourth-order valence-corrected chi connectivity index (χ4v) is 2.72. The van der Waals surface area contributed by atoms with Crippen LogP contribution in [-0.2, 0) is 5.41 Å². The van der Waals surface area contributed by atoms with Gasteiger partial charge in [0.15, 0.2) is 0 Å². The largest absolute Gasteiger partial charge is 0.497 e. The van der Waals surface area contributed by atoms with Gasteiger partial charge < -0.3 is 15.4 Å². The highest BCUT2D eigenvalue weighted by Crippen LogP contribution is 2.24. The summed E-state index contributed by atoms with van der Waals surface area (Å²) in [5, 5.41) is 6.16. The number of hydrogen-bond acceptors (Lipinski definition) is 4. The Morgan fingerprint density at radius 2 is 1.54 bits per heavy atom. The Hall–Kier alpha value is -3.34. The average molecular weight is 375 g/mol. The highest BCUT2D eigenvalue weighted by Gasteiger charge is 2.14. The molecule has 0 bridgehead atoms. The number of aromatic nitrogens is 1. The van der Waals surface area contributed by atoms with Gasteiger partial charge in [-0.2, -0.15) is 0 Å². The minimum atomic E-state index is -0.248. The number of anilines is 3. The van der Waals surface area contributed by atoms with Gasteiger partial charge in [0.1, 0.15) is 11.4 Å². The van der Waals surface area contributed by atoms with Gasteiger partial charge in [-0.1, -0.05) is 32.9 Å². The van der Waals surface area contributed by atoms with E-state index in [0.717, 1.165) is 22.8 Å². The molecule has 0 radical (unpaired) electrons. The lowest BCUT2D eigenvalue weighted by Gasteiger charge is -2.19. The van der Waals surface area contributed by atoms with Crippen molar-refractivity contribution < 1.29 is 9.53 Å². The van der Waals surface area contributed by atoms with Gasteiger partial charge in [-0.15, -0.1) is 0 Å². The van der Waals surface area contributed by atoms with E-state index in [1.807, 2.05) is 54.6 Å². The minimum absolute atomic E-state index is 0.0750. The van der Waals surface area contributed by atoms with Gasteiger partial charge in [0, 0.05) is 23.3 Å². The lowest BCUT2D eigenvalue weighted by molar-refractivity contribution is 0.102. The zero-order valence-electron chi connectivity index (χ0n) is 16.6. The Bertz CT molecular complexity index is 943. The fourth-order valence-electron chi connectivity index (χ4n) is 2.72. The van der Waals surface area contributed by atoms with Gasteiger partial charge in [-0.05, 0) is 59.5 Å². The van der Waals surface area contributed by atoms with Gasteiger partial charge in [0.25, 0.3) is 5.91 Å². The van der Waals surface area contributed by atoms with Gasteiger partial charge >= 0.3 is 0 Å². The molecule has 3 rings (SSSR count). The van der Waals surface area contributed by atoms with Crippen molar-refractivity contribution in [2.24, 2.45) is 0 Å². The Morgan fingerprint density at radius 1 is 0.893 bits per heavy atom. The molecule has 0 aliphatic heterocycles. The van der Waals surface area contributed by atoms with E-state index in [0.29, 0.717) is 5.69 Å². The summed E-state index contributed by atoms with van der Waals surface area (Å²) in [6.45, 7) is 6.48. The molecule has 1 amide bonds. The molecule has 0 saturated heterocycles. The van der Waals surface area contributed by atoms with Crippen LogP contribution in [0.3, 0.4) is 0 Å². The number of benzene rings is 2. The number of rotatable bonds is 5. The second kappa shape index (κ2) is 8.13. The van der Waals surface area contributed by atoms with Crippen molar-refractivity contribution in [2.45, 2.75) is 26.2 Å². The Balaban J connectivity index is 1.69. The smallest absolute Gasteiger partial charge is 0.274 e. The zero-order valence-corrected chi connectivity index (χ0v) is 16.6. The van der Waals surface area contributed by atoms with Crippen LogP contribution in [0.1, 0.15) is 36.8 Å². The molecule has 3 aromatic rings. The summed E-state index contributed by atoms with van der Waals surface area (Å²) in [7, 11) is 1.63. The number of carbonyl (C=O) groups is 1. The topological polar surface area (TPSA) is 63.2 Å². The standard InChI is InChI=1S/C23H25N3O2/c1-23(2,3)16-5-7-18(8-6-16)26-22(27)21-15-19(13-14-24-21)25-17-9-11-20(28-4)12-10-17/h5-15H,1-4H3,(H,24,25)(H,26,27). The van der Waals surface area contributed by atoms with Crippen LogP contribution in [-0.4, -0.2) is 18.0 Å². The number of nitrogens with zero attached hydrogens (tertiary/aromatic N) is 1. The van der Waals surface area contributed by atoms with Crippen LogP contribution in [0.2, 0.25) is 0 Å². The first kappa shape index (κ1) is 19.4. The first-order valence-corrected chi connectivity index (χ1v) is 9.14. The summed E-state index contributed by atoms with van der Waals surface area (Å²) in [6.07, 6.45) is 1.61. The van der Waals surface area contributed by atoms with E-state index in [9.17, 15) is 4.79 Å². The van der Waals surface area contributed by atoms with Crippen molar-refractivity contribution in [3.8, 4) is 5.75 Å². The second-order valence-electron chi connectivity index (χ2n) is 7.56. The summed E-state index contributed by atoms with van der Waals surface area (Å²) >= 11 is 0. The van der Waals surface area contributed by atoms with E-state index in [1.54, 1.807) is 19.4 Å². The molecule has 0 aliphatic rings. The summed E-state index contributed by atoms with van der Waals surface area (Å²) in [4.78, 5) is 16.8. The third kappa shape index (κ3) is 4.88. The molecule has 0 aliphatic carbocycles.